The zero-order valence-electron chi connectivity index (χ0n) is 6.46. The molecule has 0 aliphatic carbocycles. The Hall–Kier alpha value is -0.610. The number of hydroxylamine groups is 2. The summed E-state index contributed by atoms with van der Waals surface area (Å²) in [6.07, 6.45) is 0. The summed E-state index contributed by atoms with van der Waals surface area (Å²) in [4.78, 5) is 15.2. The van der Waals surface area contributed by atoms with Gasteiger partial charge in [0.15, 0.2) is 0 Å². The van der Waals surface area contributed by atoms with E-state index in [1.807, 2.05) is 13.8 Å². The lowest BCUT2D eigenvalue weighted by Crippen LogP contribution is -2.29. The van der Waals surface area contributed by atoms with Crippen LogP contribution in [0, 0.1) is 0 Å². The summed E-state index contributed by atoms with van der Waals surface area (Å²) in [7, 11) is 0. The van der Waals surface area contributed by atoms with E-state index in [-0.39, 0.29) is 6.61 Å². The minimum Gasteiger partial charge on any atom is -0.368 e. The highest BCUT2D eigenvalue weighted by molar-refractivity contribution is 5.74. The van der Waals surface area contributed by atoms with E-state index in [1.54, 1.807) is 5.06 Å². The number of amides is 1. The number of nitrogens with two attached hydrogens (primary N) is 1. The molecule has 0 saturated heterocycles. The first kappa shape index (κ1) is 9.39. The van der Waals surface area contributed by atoms with E-state index in [4.69, 9.17) is 10.6 Å². The molecule has 0 aromatic carbocycles. The molecule has 0 aromatic rings. The van der Waals surface area contributed by atoms with Gasteiger partial charge < -0.3 is 5.73 Å². The van der Waals surface area contributed by atoms with E-state index in [2.05, 4.69) is 0 Å². The van der Waals surface area contributed by atoms with Crippen molar-refractivity contribution in [2.75, 3.05) is 19.7 Å². The molecule has 0 radical (unpaired) electrons. The summed E-state index contributed by atoms with van der Waals surface area (Å²) < 4.78 is 0. The Kier molecular flexibility index (Phi) is 4.88. The topological polar surface area (TPSA) is 55.6 Å². The maximum absolute atomic E-state index is 10.2. The third-order valence-electron chi connectivity index (χ3n) is 1.09. The van der Waals surface area contributed by atoms with Crippen molar-refractivity contribution in [3.05, 3.63) is 0 Å². The number of primary amides is 1. The Morgan fingerprint density at radius 1 is 1.50 bits per heavy atom. The highest BCUT2D eigenvalue weighted by atomic mass is 16.7. The van der Waals surface area contributed by atoms with Crippen molar-refractivity contribution in [3.63, 3.8) is 0 Å². The summed E-state index contributed by atoms with van der Waals surface area (Å²) in [6, 6.07) is 0. The predicted octanol–water partition coefficient (Wildman–Crippen LogP) is -0.255. The van der Waals surface area contributed by atoms with Crippen molar-refractivity contribution < 1.29 is 9.63 Å². The first-order chi connectivity index (χ1) is 4.70. The third kappa shape index (κ3) is 4.29. The fourth-order valence-corrected chi connectivity index (χ4v) is 0.561. The van der Waals surface area contributed by atoms with Crippen LogP contribution in [-0.2, 0) is 9.63 Å². The zero-order chi connectivity index (χ0) is 7.98. The molecule has 0 aromatic heterocycles. The van der Waals surface area contributed by atoms with Gasteiger partial charge >= 0.3 is 0 Å². The second-order valence-electron chi connectivity index (χ2n) is 1.85. The normalized spacial score (nSPS) is 10.3. The van der Waals surface area contributed by atoms with Gasteiger partial charge in [-0.2, -0.15) is 5.06 Å². The molecule has 4 heteroatoms. The molecule has 0 fully saturated rings. The lowest BCUT2D eigenvalue weighted by atomic mass is 10.6. The molecule has 1 amide bonds. The number of nitrogens with zero attached hydrogens (tertiary/aromatic N) is 1. The number of hydrogen-bond acceptors (Lipinski definition) is 3. The molecular formula is C6H14N2O2. The van der Waals surface area contributed by atoms with Crippen LogP contribution >= 0.6 is 0 Å². The second-order valence-corrected chi connectivity index (χ2v) is 1.85. The Balaban J connectivity index is 3.34. The summed E-state index contributed by atoms with van der Waals surface area (Å²) in [5, 5.41) is 1.67. The minimum absolute atomic E-state index is 0.0261. The van der Waals surface area contributed by atoms with Gasteiger partial charge in [0.2, 0.25) is 5.91 Å². The SMILES string of the molecule is CCN(CC)OCC(N)=O. The second kappa shape index (κ2) is 5.20. The maximum atomic E-state index is 10.2. The van der Waals surface area contributed by atoms with Gasteiger partial charge in [-0.15, -0.1) is 0 Å². The molecule has 0 bridgehead atoms. The van der Waals surface area contributed by atoms with Crippen molar-refractivity contribution in [2.24, 2.45) is 5.73 Å². The van der Waals surface area contributed by atoms with Gasteiger partial charge in [-0.05, 0) is 0 Å². The van der Waals surface area contributed by atoms with Crippen LogP contribution in [0.25, 0.3) is 0 Å². The summed E-state index contributed by atoms with van der Waals surface area (Å²) >= 11 is 0. The highest BCUT2D eigenvalue weighted by Gasteiger charge is 2.00. The number of rotatable bonds is 5. The molecule has 0 unspecified atom stereocenters. The highest BCUT2D eigenvalue weighted by Crippen LogP contribution is 1.86. The molecule has 60 valence electrons. The first-order valence-corrected chi connectivity index (χ1v) is 3.36. The Morgan fingerprint density at radius 3 is 2.30 bits per heavy atom. The molecule has 0 rings (SSSR count). The molecule has 0 heterocycles. The van der Waals surface area contributed by atoms with Gasteiger partial charge in [-0.3, -0.25) is 9.63 Å². The van der Waals surface area contributed by atoms with Crippen molar-refractivity contribution in [2.45, 2.75) is 13.8 Å². The number of carbonyl (C=O) groups excluding carboxylic acids is 1. The van der Waals surface area contributed by atoms with E-state index >= 15 is 0 Å². The van der Waals surface area contributed by atoms with E-state index in [0.29, 0.717) is 0 Å². The average molecular weight is 146 g/mol. The molecular weight excluding hydrogens is 132 g/mol. The predicted molar refractivity (Wildman–Crippen MR) is 38.1 cm³/mol. The molecule has 0 atom stereocenters. The van der Waals surface area contributed by atoms with Crippen LogP contribution in [0.2, 0.25) is 0 Å². The van der Waals surface area contributed by atoms with Crippen LogP contribution in [0.1, 0.15) is 13.8 Å². The number of carbonyl (C=O) groups is 1. The van der Waals surface area contributed by atoms with Crippen LogP contribution in [0.4, 0.5) is 0 Å². The third-order valence-corrected chi connectivity index (χ3v) is 1.09. The first-order valence-electron chi connectivity index (χ1n) is 3.36. The van der Waals surface area contributed by atoms with Crippen LogP contribution < -0.4 is 5.73 Å². The van der Waals surface area contributed by atoms with E-state index in [1.165, 1.54) is 0 Å². The monoisotopic (exact) mass is 146 g/mol. The van der Waals surface area contributed by atoms with E-state index in [0.717, 1.165) is 13.1 Å². The Labute approximate surface area is 60.9 Å². The van der Waals surface area contributed by atoms with Gasteiger partial charge in [-0.25, -0.2) is 0 Å². The molecule has 0 aliphatic heterocycles. The molecule has 2 N–H and O–H groups in total. The fraction of sp³-hybridized carbons (Fsp3) is 0.833. The van der Waals surface area contributed by atoms with Gasteiger partial charge in [-0.1, -0.05) is 13.8 Å². The zero-order valence-corrected chi connectivity index (χ0v) is 6.46. The summed E-state index contributed by atoms with van der Waals surface area (Å²) in [5.41, 5.74) is 4.86. The quantitative estimate of drug-likeness (QED) is 0.544. The molecule has 4 nitrogen and oxygen atoms in total. The summed E-state index contributed by atoms with van der Waals surface area (Å²) in [5.74, 6) is -0.438. The van der Waals surface area contributed by atoms with Crippen LogP contribution in [0.3, 0.4) is 0 Å². The lowest BCUT2D eigenvalue weighted by Gasteiger charge is -2.15. The summed E-state index contributed by atoms with van der Waals surface area (Å²) in [6.45, 7) is 5.41. The van der Waals surface area contributed by atoms with Crippen molar-refractivity contribution >= 4 is 5.91 Å². The van der Waals surface area contributed by atoms with Gasteiger partial charge in [0, 0.05) is 13.1 Å². The van der Waals surface area contributed by atoms with Crippen molar-refractivity contribution in [1.82, 2.24) is 5.06 Å². The van der Waals surface area contributed by atoms with Crippen molar-refractivity contribution in [3.8, 4) is 0 Å². The fourth-order valence-electron chi connectivity index (χ4n) is 0.561. The van der Waals surface area contributed by atoms with Gasteiger partial charge in [0.25, 0.3) is 0 Å². The van der Waals surface area contributed by atoms with E-state index in [9.17, 15) is 4.79 Å². The smallest absolute Gasteiger partial charge is 0.245 e. The average Bonchev–Trinajstić information content (AvgIpc) is 1.90. The molecule has 0 saturated carbocycles. The molecule has 0 spiro atoms. The van der Waals surface area contributed by atoms with Gasteiger partial charge in [0.1, 0.15) is 6.61 Å². The standard InChI is InChI=1S/C6H14N2O2/c1-3-8(4-2)10-5-6(7)9/h3-5H2,1-2H3,(H2,7,9). The lowest BCUT2D eigenvalue weighted by molar-refractivity contribution is -0.164. The Morgan fingerprint density at radius 2 is 2.00 bits per heavy atom. The Bertz CT molecular complexity index is 102. The minimum atomic E-state index is -0.438. The molecule has 10 heavy (non-hydrogen) atoms. The van der Waals surface area contributed by atoms with Gasteiger partial charge in [0.05, 0.1) is 0 Å². The van der Waals surface area contributed by atoms with Crippen LogP contribution in [-0.4, -0.2) is 30.7 Å². The van der Waals surface area contributed by atoms with Crippen LogP contribution in [0.5, 0.6) is 0 Å². The maximum Gasteiger partial charge on any atom is 0.245 e. The van der Waals surface area contributed by atoms with E-state index < -0.39 is 5.91 Å². The van der Waals surface area contributed by atoms with Crippen molar-refractivity contribution in [1.29, 1.82) is 0 Å². The largest absolute Gasteiger partial charge is 0.368 e. The number of hydrogen-bond donors (Lipinski definition) is 1. The molecule has 0 aliphatic rings. The van der Waals surface area contributed by atoms with Crippen LogP contribution in [0.15, 0.2) is 0 Å².